The van der Waals surface area contributed by atoms with Crippen molar-refractivity contribution in [3.8, 4) is 0 Å². The minimum Gasteiger partial charge on any atom is -0.399 e. The van der Waals surface area contributed by atoms with Crippen LogP contribution in [0.2, 0.25) is 0 Å². The molecule has 98 valence electrons. The number of hydrogen-bond acceptors (Lipinski definition) is 2. The van der Waals surface area contributed by atoms with E-state index in [9.17, 15) is 4.79 Å². The molecule has 1 atom stereocenters. The summed E-state index contributed by atoms with van der Waals surface area (Å²) in [6.45, 7) is 3.90. The molecule has 0 saturated carbocycles. The smallest absolute Gasteiger partial charge is 0.324 e. The van der Waals surface area contributed by atoms with Crippen molar-refractivity contribution in [3.63, 3.8) is 0 Å². The van der Waals surface area contributed by atoms with Crippen LogP contribution in [0.1, 0.15) is 19.8 Å². The van der Waals surface area contributed by atoms with Gasteiger partial charge in [-0.05, 0) is 37.0 Å². The van der Waals surface area contributed by atoms with Gasteiger partial charge in [-0.3, -0.25) is 4.90 Å². The van der Waals surface area contributed by atoms with Gasteiger partial charge in [-0.25, -0.2) is 4.79 Å². The molecule has 18 heavy (non-hydrogen) atoms. The molecule has 4 heteroatoms. The second-order valence-electron chi connectivity index (χ2n) is 5.13. The third-order valence-electron chi connectivity index (χ3n) is 3.47. The SMILES string of the molecule is CC1CCCN(C(=O)N(C)c2cccc(N)c2)C1. The van der Waals surface area contributed by atoms with E-state index in [1.165, 1.54) is 6.42 Å². The number of rotatable bonds is 1. The van der Waals surface area contributed by atoms with Crippen LogP contribution in [0.15, 0.2) is 24.3 Å². The lowest BCUT2D eigenvalue weighted by Gasteiger charge is -2.34. The molecule has 1 heterocycles. The minimum absolute atomic E-state index is 0.0622. The maximum atomic E-state index is 12.4. The largest absolute Gasteiger partial charge is 0.399 e. The Morgan fingerprint density at radius 2 is 2.28 bits per heavy atom. The van der Waals surface area contributed by atoms with Gasteiger partial charge in [-0.15, -0.1) is 0 Å². The van der Waals surface area contributed by atoms with E-state index < -0.39 is 0 Å². The van der Waals surface area contributed by atoms with Crippen LogP contribution in [-0.4, -0.2) is 31.1 Å². The lowest BCUT2D eigenvalue weighted by molar-refractivity contribution is 0.177. The Morgan fingerprint density at radius 1 is 1.50 bits per heavy atom. The first-order valence-corrected chi connectivity index (χ1v) is 6.46. The Balaban J connectivity index is 2.08. The van der Waals surface area contributed by atoms with E-state index in [2.05, 4.69) is 6.92 Å². The zero-order valence-corrected chi connectivity index (χ0v) is 11.1. The van der Waals surface area contributed by atoms with Gasteiger partial charge in [0, 0.05) is 31.5 Å². The predicted molar refractivity (Wildman–Crippen MR) is 74.6 cm³/mol. The Labute approximate surface area is 108 Å². The standard InChI is InChI=1S/C14H21N3O/c1-11-5-4-8-17(10-11)14(18)16(2)13-7-3-6-12(15)9-13/h3,6-7,9,11H,4-5,8,10,15H2,1-2H3. The first kappa shape index (κ1) is 12.7. The first-order chi connectivity index (χ1) is 8.58. The van der Waals surface area contributed by atoms with Crippen molar-refractivity contribution in [2.24, 2.45) is 5.92 Å². The Morgan fingerprint density at radius 3 is 2.94 bits per heavy atom. The summed E-state index contributed by atoms with van der Waals surface area (Å²) in [6, 6.07) is 7.48. The van der Waals surface area contributed by atoms with Gasteiger partial charge in [0.2, 0.25) is 0 Å². The lowest BCUT2D eigenvalue weighted by Crippen LogP contribution is -2.45. The number of anilines is 2. The van der Waals surface area contributed by atoms with Crippen LogP contribution < -0.4 is 10.6 Å². The van der Waals surface area contributed by atoms with Crippen molar-refractivity contribution >= 4 is 17.4 Å². The molecule has 1 aromatic rings. The summed E-state index contributed by atoms with van der Waals surface area (Å²) in [5, 5.41) is 0. The molecule has 0 spiro atoms. The number of carbonyl (C=O) groups is 1. The van der Waals surface area contributed by atoms with Gasteiger partial charge in [-0.2, -0.15) is 0 Å². The molecule has 1 aliphatic rings. The lowest BCUT2D eigenvalue weighted by atomic mass is 10.0. The van der Waals surface area contributed by atoms with Crippen LogP contribution in [0, 0.1) is 5.92 Å². The number of nitrogen functional groups attached to an aromatic ring is 1. The van der Waals surface area contributed by atoms with E-state index in [1.54, 1.807) is 11.9 Å². The molecule has 0 bridgehead atoms. The second kappa shape index (κ2) is 5.29. The summed E-state index contributed by atoms with van der Waals surface area (Å²) in [5.41, 5.74) is 7.27. The first-order valence-electron chi connectivity index (χ1n) is 6.46. The molecule has 1 fully saturated rings. The maximum absolute atomic E-state index is 12.4. The van der Waals surface area contributed by atoms with E-state index in [4.69, 9.17) is 5.73 Å². The summed E-state index contributed by atoms with van der Waals surface area (Å²) in [6.07, 6.45) is 2.31. The fourth-order valence-corrected chi connectivity index (χ4v) is 2.42. The predicted octanol–water partition coefficient (Wildman–Crippen LogP) is 2.56. The number of piperidine rings is 1. The molecular formula is C14H21N3O. The number of nitrogens with two attached hydrogens (primary N) is 1. The van der Waals surface area contributed by atoms with Crippen LogP contribution in [0.4, 0.5) is 16.2 Å². The molecular weight excluding hydrogens is 226 g/mol. The molecule has 2 amide bonds. The molecule has 1 aliphatic heterocycles. The third-order valence-corrected chi connectivity index (χ3v) is 3.47. The number of carbonyl (C=O) groups excluding carboxylic acids is 1. The number of urea groups is 1. The Bertz CT molecular complexity index is 433. The van der Waals surface area contributed by atoms with Crippen molar-refractivity contribution in [2.45, 2.75) is 19.8 Å². The van der Waals surface area contributed by atoms with Crippen LogP contribution in [0.3, 0.4) is 0 Å². The van der Waals surface area contributed by atoms with Gasteiger partial charge >= 0.3 is 6.03 Å². The average molecular weight is 247 g/mol. The normalized spacial score (nSPS) is 19.7. The molecule has 1 unspecified atom stereocenters. The highest BCUT2D eigenvalue weighted by atomic mass is 16.2. The van der Waals surface area contributed by atoms with E-state index in [0.29, 0.717) is 11.6 Å². The number of likely N-dealkylation sites (tertiary alicyclic amines) is 1. The second-order valence-corrected chi connectivity index (χ2v) is 5.13. The molecule has 2 N–H and O–H groups in total. The highest BCUT2D eigenvalue weighted by Crippen LogP contribution is 2.21. The molecule has 1 aromatic carbocycles. The Kier molecular flexibility index (Phi) is 3.75. The van der Waals surface area contributed by atoms with E-state index >= 15 is 0 Å². The van der Waals surface area contributed by atoms with Crippen molar-refractivity contribution in [1.29, 1.82) is 0 Å². The van der Waals surface area contributed by atoms with Crippen molar-refractivity contribution < 1.29 is 4.79 Å². The third kappa shape index (κ3) is 2.75. The topological polar surface area (TPSA) is 49.6 Å². The van der Waals surface area contributed by atoms with Crippen LogP contribution in [-0.2, 0) is 0 Å². The van der Waals surface area contributed by atoms with E-state index in [0.717, 1.165) is 25.2 Å². The van der Waals surface area contributed by atoms with Crippen molar-refractivity contribution in [2.75, 3.05) is 30.8 Å². The Hall–Kier alpha value is -1.71. The number of hydrogen-bond donors (Lipinski definition) is 1. The molecule has 1 saturated heterocycles. The van der Waals surface area contributed by atoms with Crippen molar-refractivity contribution in [1.82, 2.24) is 4.90 Å². The van der Waals surface area contributed by atoms with Gasteiger partial charge in [0.15, 0.2) is 0 Å². The number of benzene rings is 1. The molecule has 0 radical (unpaired) electrons. The molecule has 0 aromatic heterocycles. The van der Waals surface area contributed by atoms with Gasteiger partial charge in [0.05, 0.1) is 0 Å². The monoisotopic (exact) mass is 247 g/mol. The molecule has 2 rings (SSSR count). The highest BCUT2D eigenvalue weighted by Gasteiger charge is 2.24. The highest BCUT2D eigenvalue weighted by molar-refractivity contribution is 5.92. The minimum atomic E-state index is 0.0622. The van der Waals surface area contributed by atoms with E-state index in [-0.39, 0.29) is 6.03 Å². The zero-order chi connectivity index (χ0) is 13.1. The van der Waals surface area contributed by atoms with Crippen molar-refractivity contribution in [3.05, 3.63) is 24.3 Å². The van der Waals surface area contributed by atoms with Crippen LogP contribution in [0.25, 0.3) is 0 Å². The summed E-state index contributed by atoms with van der Waals surface area (Å²) in [5.74, 6) is 0.594. The summed E-state index contributed by atoms with van der Waals surface area (Å²) in [7, 11) is 1.80. The average Bonchev–Trinajstić information content (AvgIpc) is 2.37. The van der Waals surface area contributed by atoms with Crippen LogP contribution in [0.5, 0.6) is 0 Å². The molecule has 4 nitrogen and oxygen atoms in total. The number of amides is 2. The zero-order valence-electron chi connectivity index (χ0n) is 11.1. The summed E-state index contributed by atoms with van der Waals surface area (Å²) in [4.78, 5) is 16.0. The quantitative estimate of drug-likeness (QED) is 0.775. The van der Waals surface area contributed by atoms with E-state index in [1.807, 2.05) is 29.2 Å². The maximum Gasteiger partial charge on any atom is 0.324 e. The van der Waals surface area contributed by atoms with Gasteiger partial charge in [-0.1, -0.05) is 13.0 Å². The summed E-state index contributed by atoms with van der Waals surface area (Å²) >= 11 is 0. The fourth-order valence-electron chi connectivity index (χ4n) is 2.42. The number of nitrogens with zero attached hydrogens (tertiary/aromatic N) is 2. The fraction of sp³-hybridized carbons (Fsp3) is 0.500. The summed E-state index contributed by atoms with van der Waals surface area (Å²) < 4.78 is 0. The van der Waals surface area contributed by atoms with Gasteiger partial charge in [0.25, 0.3) is 0 Å². The van der Waals surface area contributed by atoms with Crippen LogP contribution >= 0.6 is 0 Å². The van der Waals surface area contributed by atoms with Gasteiger partial charge in [0.1, 0.15) is 0 Å². The molecule has 0 aliphatic carbocycles. The van der Waals surface area contributed by atoms with Gasteiger partial charge < -0.3 is 10.6 Å².